The van der Waals surface area contributed by atoms with Crippen LogP contribution in [0.25, 0.3) is 0 Å². The third-order valence-corrected chi connectivity index (χ3v) is 2.56. The molecule has 0 aromatic heterocycles. The number of hydrogen-bond acceptors (Lipinski definition) is 5. The minimum Gasteiger partial charge on any atom is -0.396 e. The van der Waals surface area contributed by atoms with Crippen LogP contribution in [-0.2, 0) is 0 Å². The Balaban J connectivity index is 0.000000162. The third kappa shape index (κ3) is 6.81. The van der Waals surface area contributed by atoms with Crippen LogP contribution < -0.4 is 21.3 Å². The highest BCUT2D eigenvalue weighted by molar-refractivity contribution is 4.74. The van der Waals surface area contributed by atoms with E-state index in [1.54, 1.807) is 0 Å². The average Bonchev–Trinajstić information content (AvgIpc) is 2.34. The van der Waals surface area contributed by atoms with Crippen molar-refractivity contribution >= 4 is 0 Å². The second-order valence-corrected chi connectivity index (χ2v) is 3.87. The lowest BCUT2D eigenvalue weighted by Crippen LogP contribution is -2.48. The maximum atomic E-state index is 8.55. The van der Waals surface area contributed by atoms with Crippen molar-refractivity contribution in [1.29, 1.82) is 0 Å². The fourth-order valence-corrected chi connectivity index (χ4v) is 1.68. The van der Waals surface area contributed by atoms with E-state index in [9.17, 15) is 0 Å². The van der Waals surface area contributed by atoms with E-state index in [1.165, 1.54) is 0 Å². The molecule has 1 unspecified atom stereocenters. The Morgan fingerprint density at radius 3 is 1.87 bits per heavy atom. The summed E-state index contributed by atoms with van der Waals surface area (Å²) in [6, 6.07) is 0.490. The molecule has 2 fully saturated rings. The molecule has 2 aliphatic heterocycles. The van der Waals surface area contributed by atoms with Gasteiger partial charge in [-0.1, -0.05) is 0 Å². The number of aliphatic hydroxyl groups is 1. The van der Waals surface area contributed by atoms with Crippen molar-refractivity contribution in [2.45, 2.75) is 12.5 Å². The molecule has 0 amide bonds. The first-order valence-corrected chi connectivity index (χ1v) is 5.90. The Morgan fingerprint density at radius 1 is 0.867 bits per heavy atom. The van der Waals surface area contributed by atoms with Crippen LogP contribution in [-0.4, -0.2) is 63.6 Å². The van der Waals surface area contributed by atoms with E-state index < -0.39 is 0 Å². The Labute approximate surface area is 92.0 Å². The number of aliphatic hydroxyl groups excluding tert-OH is 1. The lowest BCUT2D eigenvalue weighted by Gasteiger charge is -2.23. The molecule has 5 nitrogen and oxygen atoms in total. The maximum Gasteiger partial charge on any atom is 0.0446 e. The smallest absolute Gasteiger partial charge is 0.0446 e. The summed E-state index contributed by atoms with van der Waals surface area (Å²) in [5.41, 5.74) is 0. The maximum absolute atomic E-state index is 8.55. The fourth-order valence-electron chi connectivity index (χ4n) is 1.68. The van der Waals surface area contributed by atoms with Gasteiger partial charge in [0.05, 0.1) is 0 Å². The van der Waals surface area contributed by atoms with Crippen LogP contribution >= 0.6 is 0 Å². The van der Waals surface area contributed by atoms with Crippen molar-refractivity contribution in [3.05, 3.63) is 0 Å². The summed E-state index contributed by atoms with van der Waals surface area (Å²) in [7, 11) is 0. The van der Waals surface area contributed by atoms with E-state index >= 15 is 0 Å². The van der Waals surface area contributed by atoms with Gasteiger partial charge >= 0.3 is 0 Å². The normalized spacial score (nSPS) is 26.6. The second-order valence-electron chi connectivity index (χ2n) is 3.87. The molecule has 15 heavy (non-hydrogen) atoms. The molecule has 2 rings (SSSR count). The summed E-state index contributed by atoms with van der Waals surface area (Å²) >= 11 is 0. The molecule has 0 bridgehead atoms. The van der Waals surface area contributed by atoms with Gasteiger partial charge in [0.15, 0.2) is 0 Å². The Hall–Kier alpha value is -0.200. The van der Waals surface area contributed by atoms with Gasteiger partial charge in [0, 0.05) is 58.5 Å². The molecule has 5 heteroatoms. The highest BCUT2D eigenvalue weighted by Gasteiger charge is 2.09. The zero-order valence-corrected chi connectivity index (χ0v) is 9.39. The van der Waals surface area contributed by atoms with Crippen molar-refractivity contribution in [1.82, 2.24) is 21.3 Å². The first kappa shape index (κ1) is 12.9. The van der Waals surface area contributed by atoms with Crippen LogP contribution in [0, 0.1) is 0 Å². The van der Waals surface area contributed by atoms with Gasteiger partial charge in [0.1, 0.15) is 0 Å². The standard InChI is InChI=1S/C6H14N2O.C4H10N2/c9-4-1-6-5-7-2-3-8-6;1-2-6-4-3-5-1/h6-9H,1-5H2;5-6H,1-4H2. The molecule has 90 valence electrons. The molecule has 0 saturated carbocycles. The molecule has 2 aliphatic rings. The van der Waals surface area contributed by atoms with Gasteiger partial charge in [0.25, 0.3) is 0 Å². The summed E-state index contributed by atoms with van der Waals surface area (Å²) in [6.07, 6.45) is 0.868. The zero-order chi connectivity index (χ0) is 10.8. The van der Waals surface area contributed by atoms with E-state index in [1.807, 2.05) is 0 Å². The predicted octanol–water partition coefficient (Wildman–Crippen LogP) is -1.89. The predicted molar refractivity (Wildman–Crippen MR) is 62.1 cm³/mol. The molecule has 0 spiro atoms. The van der Waals surface area contributed by atoms with Crippen LogP contribution in [0.3, 0.4) is 0 Å². The highest BCUT2D eigenvalue weighted by atomic mass is 16.3. The molecular weight excluding hydrogens is 192 g/mol. The van der Waals surface area contributed by atoms with Crippen LogP contribution in [0.15, 0.2) is 0 Å². The Kier molecular flexibility index (Phi) is 7.77. The van der Waals surface area contributed by atoms with E-state index in [4.69, 9.17) is 5.11 Å². The number of nitrogens with one attached hydrogen (secondary N) is 4. The minimum absolute atomic E-state index is 0.291. The van der Waals surface area contributed by atoms with Gasteiger partial charge in [-0.15, -0.1) is 0 Å². The number of hydrogen-bond donors (Lipinski definition) is 5. The summed E-state index contributed by atoms with van der Waals surface area (Å²) in [4.78, 5) is 0. The van der Waals surface area contributed by atoms with Crippen molar-refractivity contribution in [2.75, 3.05) is 52.4 Å². The van der Waals surface area contributed by atoms with E-state index in [0.29, 0.717) is 12.6 Å². The molecule has 1 atom stereocenters. The summed E-state index contributed by atoms with van der Waals surface area (Å²) in [5.74, 6) is 0. The van der Waals surface area contributed by atoms with Crippen molar-refractivity contribution < 1.29 is 5.11 Å². The van der Waals surface area contributed by atoms with Crippen LogP contribution in [0.2, 0.25) is 0 Å². The van der Waals surface area contributed by atoms with Gasteiger partial charge in [-0.25, -0.2) is 0 Å². The van der Waals surface area contributed by atoms with E-state index in [2.05, 4.69) is 21.3 Å². The molecule has 2 saturated heterocycles. The van der Waals surface area contributed by atoms with Crippen molar-refractivity contribution in [3.8, 4) is 0 Å². The zero-order valence-electron chi connectivity index (χ0n) is 9.39. The first-order valence-electron chi connectivity index (χ1n) is 5.90. The molecule has 0 radical (unpaired) electrons. The van der Waals surface area contributed by atoms with Gasteiger partial charge in [-0.3, -0.25) is 0 Å². The third-order valence-electron chi connectivity index (χ3n) is 2.56. The monoisotopic (exact) mass is 216 g/mol. The highest BCUT2D eigenvalue weighted by Crippen LogP contribution is 1.91. The Morgan fingerprint density at radius 2 is 1.47 bits per heavy atom. The largest absolute Gasteiger partial charge is 0.396 e. The van der Waals surface area contributed by atoms with E-state index in [0.717, 1.165) is 52.2 Å². The lowest BCUT2D eigenvalue weighted by molar-refractivity contribution is 0.255. The number of piperazine rings is 2. The summed E-state index contributed by atoms with van der Waals surface area (Å²) < 4.78 is 0. The van der Waals surface area contributed by atoms with Gasteiger partial charge in [-0.05, 0) is 6.42 Å². The molecular formula is C10H24N4O. The van der Waals surface area contributed by atoms with Crippen LogP contribution in [0.5, 0.6) is 0 Å². The molecule has 0 aromatic rings. The Bertz CT molecular complexity index is 121. The van der Waals surface area contributed by atoms with Crippen molar-refractivity contribution in [3.63, 3.8) is 0 Å². The van der Waals surface area contributed by atoms with Gasteiger partial charge in [-0.2, -0.15) is 0 Å². The second kappa shape index (κ2) is 9.06. The van der Waals surface area contributed by atoms with Crippen molar-refractivity contribution in [2.24, 2.45) is 0 Å². The topological polar surface area (TPSA) is 68.3 Å². The minimum atomic E-state index is 0.291. The molecule has 0 aromatic carbocycles. The van der Waals surface area contributed by atoms with Crippen LogP contribution in [0.4, 0.5) is 0 Å². The van der Waals surface area contributed by atoms with Crippen LogP contribution in [0.1, 0.15) is 6.42 Å². The lowest BCUT2D eigenvalue weighted by atomic mass is 10.2. The summed E-state index contributed by atoms with van der Waals surface area (Å²) in [6.45, 7) is 7.94. The summed E-state index contributed by atoms with van der Waals surface area (Å²) in [5, 5.41) is 21.5. The number of rotatable bonds is 2. The van der Waals surface area contributed by atoms with E-state index in [-0.39, 0.29) is 0 Å². The van der Waals surface area contributed by atoms with Gasteiger partial charge in [0.2, 0.25) is 0 Å². The molecule has 0 aliphatic carbocycles. The average molecular weight is 216 g/mol. The quantitative estimate of drug-likeness (QED) is 0.373. The SMILES string of the molecule is C1CNCCN1.OCCC1CNCCN1. The first-order chi connectivity index (χ1) is 7.43. The molecule has 2 heterocycles. The fraction of sp³-hybridized carbons (Fsp3) is 1.00. The van der Waals surface area contributed by atoms with Gasteiger partial charge < -0.3 is 26.4 Å². The molecule has 5 N–H and O–H groups in total.